The maximum atomic E-state index is 12.5. The van der Waals surface area contributed by atoms with Gasteiger partial charge in [-0.25, -0.2) is 13.1 Å². The Bertz CT molecular complexity index is 1040. The van der Waals surface area contributed by atoms with Crippen molar-refractivity contribution in [1.29, 1.82) is 0 Å². The molecule has 3 rings (SSSR count). The molecule has 2 aromatic carbocycles. The molecule has 4 nitrogen and oxygen atoms in total. The van der Waals surface area contributed by atoms with Gasteiger partial charge in [0, 0.05) is 22.0 Å². The van der Waals surface area contributed by atoms with E-state index in [0.29, 0.717) is 21.0 Å². The number of hydrogen-bond donors (Lipinski definition) is 1. The summed E-state index contributed by atoms with van der Waals surface area (Å²) in [5.74, 6) is -0.0737. The van der Waals surface area contributed by atoms with Crippen molar-refractivity contribution in [3.05, 3.63) is 86.6 Å². The zero-order chi connectivity index (χ0) is 18.7. The fraction of sp³-hybridized carbons (Fsp3) is 0.105. The fourth-order valence-electron chi connectivity index (χ4n) is 2.43. The second kappa shape index (κ2) is 7.72. The lowest BCUT2D eigenvalue weighted by Gasteiger charge is -2.09. The summed E-state index contributed by atoms with van der Waals surface area (Å²) in [6, 6.07) is 17.2. The van der Waals surface area contributed by atoms with Crippen LogP contribution in [-0.4, -0.2) is 14.2 Å². The highest BCUT2D eigenvalue weighted by atomic mass is 35.5. The highest BCUT2D eigenvalue weighted by Crippen LogP contribution is 2.23. The Hall–Kier alpha value is -1.99. The van der Waals surface area contributed by atoms with Crippen molar-refractivity contribution in [3.8, 4) is 0 Å². The van der Waals surface area contributed by atoms with Crippen LogP contribution in [0, 0.1) is 6.92 Å². The molecule has 0 aliphatic rings. The van der Waals surface area contributed by atoms with Gasteiger partial charge < -0.3 is 0 Å². The van der Waals surface area contributed by atoms with Gasteiger partial charge in [-0.05, 0) is 36.8 Å². The predicted octanol–water partition coefficient (Wildman–Crippen LogP) is 4.42. The van der Waals surface area contributed by atoms with E-state index >= 15 is 0 Å². The van der Waals surface area contributed by atoms with Crippen LogP contribution in [0.1, 0.15) is 25.7 Å². The number of halogens is 1. The minimum Gasteiger partial charge on any atom is -0.288 e. The Labute approximate surface area is 161 Å². The molecular weight excluding hydrogens is 390 g/mol. The number of carbonyl (C=O) groups is 1. The normalized spacial score (nSPS) is 11.5. The largest absolute Gasteiger partial charge is 0.288 e. The van der Waals surface area contributed by atoms with Crippen LogP contribution in [0.25, 0.3) is 0 Å². The van der Waals surface area contributed by atoms with Crippen LogP contribution in [-0.2, 0) is 16.6 Å². The number of ketones is 1. The second-order valence-electron chi connectivity index (χ2n) is 5.70. The topological polar surface area (TPSA) is 63.2 Å². The summed E-state index contributed by atoms with van der Waals surface area (Å²) < 4.78 is 27.6. The number of thiophene rings is 1. The van der Waals surface area contributed by atoms with Gasteiger partial charge in [-0.2, -0.15) is 0 Å². The average molecular weight is 406 g/mol. The van der Waals surface area contributed by atoms with Gasteiger partial charge in [0.1, 0.15) is 0 Å². The third kappa shape index (κ3) is 4.22. The van der Waals surface area contributed by atoms with E-state index < -0.39 is 10.0 Å². The van der Waals surface area contributed by atoms with E-state index in [9.17, 15) is 13.2 Å². The van der Waals surface area contributed by atoms with Gasteiger partial charge in [-0.15, -0.1) is 11.3 Å². The molecule has 1 N–H and O–H groups in total. The summed E-state index contributed by atoms with van der Waals surface area (Å²) >= 11 is 7.19. The van der Waals surface area contributed by atoms with Crippen molar-refractivity contribution in [2.45, 2.75) is 18.4 Å². The number of benzene rings is 2. The summed E-state index contributed by atoms with van der Waals surface area (Å²) in [7, 11) is -3.69. The second-order valence-corrected chi connectivity index (χ2v) is 9.04. The summed E-state index contributed by atoms with van der Waals surface area (Å²) in [6.07, 6.45) is 0. The molecule has 0 aliphatic heterocycles. The molecule has 0 radical (unpaired) electrons. The van der Waals surface area contributed by atoms with Crippen LogP contribution >= 0.6 is 22.9 Å². The molecule has 0 amide bonds. The van der Waals surface area contributed by atoms with Crippen LogP contribution in [0.2, 0.25) is 5.02 Å². The molecule has 134 valence electrons. The van der Waals surface area contributed by atoms with Gasteiger partial charge in [0.05, 0.1) is 9.77 Å². The molecule has 1 heterocycles. The van der Waals surface area contributed by atoms with Crippen molar-refractivity contribution in [2.24, 2.45) is 0 Å². The van der Waals surface area contributed by atoms with E-state index in [1.165, 1.54) is 17.4 Å². The third-order valence-electron chi connectivity index (χ3n) is 3.80. The van der Waals surface area contributed by atoms with Crippen LogP contribution in [0.3, 0.4) is 0 Å². The third-order valence-corrected chi connectivity index (χ3v) is 6.66. The molecule has 7 heteroatoms. The summed E-state index contributed by atoms with van der Waals surface area (Å²) in [5.41, 5.74) is 1.23. The van der Waals surface area contributed by atoms with Crippen molar-refractivity contribution < 1.29 is 13.2 Å². The molecule has 0 unspecified atom stereocenters. The van der Waals surface area contributed by atoms with E-state index in [1.54, 1.807) is 43.3 Å². The molecule has 26 heavy (non-hydrogen) atoms. The van der Waals surface area contributed by atoms with Crippen LogP contribution in [0.5, 0.6) is 0 Å². The molecule has 0 spiro atoms. The first-order valence-electron chi connectivity index (χ1n) is 7.81. The highest BCUT2D eigenvalue weighted by molar-refractivity contribution is 7.89. The molecule has 0 aliphatic carbocycles. The molecule has 0 fully saturated rings. The summed E-state index contributed by atoms with van der Waals surface area (Å²) in [6.45, 7) is 1.83. The van der Waals surface area contributed by atoms with Crippen LogP contribution < -0.4 is 4.72 Å². The lowest BCUT2D eigenvalue weighted by atomic mass is 10.1. The van der Waals surface area contributed by atoms with Crippen molar-refractivity contribution in [2.75, 3.05) is 0 Å². The monoisotopic (exact) mass is 405 g/mol. The van der Waals surface area contributed by atoms with Gasteiger partial charge >= 0.3 is 0 Å². The van der Waals surface area contributed by atoms with Crippen LogP contribution in [0.15, 0.2) is 65.6 Å². The van der Waals surface area contributed by atoms with Crippen molar-refractivity contribution >= 4 is 38.7 Å². The first kappa shape index (κ1) is 18.8. The first-order valence-corrected chi connectivity index (χ1v) is 10.5. The molecule has 0 atom stereocenters. The minimum absolute atomic E-state index is 0.0737. The van der Waals surface area contributed by atoms with E-state index in [0.717, 1.165) is 4.88 Å². The van der Waals surface area contributed by atoms with E-state index in [1.807, 2.05) is 18.2 Å². The lowest BCUT2D eigenvalue weighted by Crippen LogP contribution is -2.23. The van der Waals surface area contributed by atoms with E-state index in [-0.39, 0.29) is 17.2 Å². The average Bonchev–Trinajstić information content (AvgIpc) is 3.11. The van der Waals surface area contributed by atoms with E-state index in [2.05, 4.69) is 4.72 Å². The van der Waals surface area contributed by atoms with Gasteiger partial charge in [-0.3, -0.25) is 4.79 Å². The zero-order valence-electron chi connectivity index (χ0n) is 13.9. The zero-order valence-corrected chi connectivity index (χ0v) is 16.3. The Morgan fingerprint density at radius 2 is 1.81 bits per heavy atom. The van der Waals surface area contributed by atoms with Crippen LogP contribution in [0.4, 0.5) is 0 Å². The molecule has 3 aromatic rings. The molecule has 0 saturated carbocycles. The number of rotatable bonds is 6. The highest BCUT2D eigenvalue weighted by Gasteiger charge is 2.18. The quantitative estimate of drug-likeness (QED) is 0.617. The predicted molar refractivity (Wildman–Crippen MR) is 104 cm³/mol. The van der Waals surface area contributed by atoms with Crippen molar-refractivity contribution in [1.82, 2.24) is 4.72 Å². The minimum atomic E-state index is -3.69. The number of nitrogens with one attached hydrogen (secondary N) is 1. The maximum absolute atomic E-state index is 12.5. The SMILES string of the molecule is Cc1ccc(Cl)cc1S(=O)(=O)NCc1ccc(C(=O)c2ccccc2)s1. The van der Waals surface area contributed by atoms with Gasteiger partial charge in [0.2, 0.25) is 15.8 Å². The lowest BCUT2D eigenvalue weighted by molar-refractivity contribution is 0.104. The molecule has 1 aromatic heterocycles. The number of hydrogen-bond acceptors (Lipinski definition) is 4. The van der Waals surface area contributed by atoms with Gasteiger partial charge in [0.25, 0.3) is 0 Å². The van der Waals surface area contributed by atoms with Gasteiger partial charge in [0.15, 0.2) is 0 Å². The number of sulfonamides is 1. The number of aryl methyl sites for hydroxylation is 1. The standard InChI is InChI=1S/C19H16ClNO3S2/c1-13-7-8-15(20)11-18(13)26(23,24)21-12-16-9-10-17(25-16)19(22)14-5-3-2-4-6-14/h2-11,21H,12H2,1H3. The van der Waals surface area contributed by atoms with Crippen molar-refractivity contribution in [3.63, 3.8) is 0 Å². The molecule has 0 bridgehead atoms. The Morgan fingerprint density at radius 1 is 1.08 bits per heavy atom. The molecular formula is C19H16ClNO3S2. The Balaban J connectivity index is 1.74. The number of carbonyl (C=O) groups excluding carboxylic acids is 1. The molecule has 0 saturated heterocycles. The fourth-order valence-corrected chi connectivity index (χ4v) is 4.95. The first-order chi connectivity index (χ1) is 12.4. The smallest absolute Gasteiger partial charge is 0.241 e. The van der Waals surface area contributed by atoms with Gasteiger partial charge in [-0.1, -0.05) is 48.0 Å². The Morgan fingerprint density at radius 3 is 2.54 bits per heavy atom. The Kier molecular flexibility index (Phi) is 5.58. The summed E-state index contributed by atoms with van der Waals surface area (Å²) in [4.78, 5) is 13.9. The summed E-state index contributed by atoms with van der Waals surface area (Å²) in [5, 5.41) is 0.364. The van der Waals surface area contributed by atoms with E-state index in [4.69, 9.17) is 11.6 Å². The maximum Gasteiger partial charge on any atom is 0.241 e.